The third-order valence-corrected chi connectivity index (χ3v) is 5.80. The van der Waals surface area contributed by atoms with Crippen LogP contribution in [0.25, 0.3) is 0 Å². The van der Waals surface area contributed by atoms with Crippen LogP contribution in [0.15, 0.2) is 29.0 Å². The Morgan fingerprint density at radius 1 is 1.13 bits per heavy atom. The van der Waals surface area contributed by atoms with Gasteiger partial charge >= 0.3 is 6.03 Å². The van der Waals surface area contributed by atoms with E-state index in [-0.39, 0.29) is 11.8 Å². The SMILES string of the molecule is O=C(NCc1ccc(C(=O)c2ccsc2)s1)NC1CCCCC1. The molecule has 0 radical (unpaired) electrons. The fourth-order valence-corrected chi connectivity index (χ4v) is 4.33. The summed E-state index contributed by atoms with van der Waals surface area (Å²) >= 11 is 2.96. The highest BCUT2D eigenvalue weighted by atomic mass is 32.1. The molecule has 1 aliphatic rings. The van der Waals surface area contributed by atoms with Crippen LogP contribution in [-0.2, 0) is 6.54 Å². The Hall–Kier alpha value is -1.66. The molecule has 23 heavy (non-hydrogen) atoms. The third kappa shape index (κ3) is 4.42. The van der Waals surface area contributed by atoms with Crippen molar-refractivity contribution in [2.45, 2.75) is 44.7 Å². The van der Waals surface area contributed by atoms with Crippen LogP contribution in [0.4, 0.5) is 4.79 Å². The fraction of sp³-hybridized carbons (Fsp3) is 0.412. The topological polar surface area (TPSA) is 58.2 Å². The molecule has 3 rings (SSSR count). The molecule has 0 spiro atoms. The molecule has 122 valence electrons. The number of hydrogen-bond donors (Lipinski definition) is 2. The molecule has 2 aromatic rings. The Morgan fingerprint density at radius 2 is 1.96 bits per heavy atom. The van der Waals surface area contributed by atoms with Gasteiger partial charge in [0.2, 0.25) is 5.78 Å². The first kappa shape index (κ1) is 16.2. The van der Waals surface area contributed by atoms with E-state index in [0.29, 0.717) is 17.5 Å². The second-order valence-electron chi connectivity index (χ2n) is 5.77. The van der Waals surface area contributed by atoms with Crippen molar-refractivity contribution in [2.75, 3.05) is 0 Å². The van der Waals surface area contributed by atoms with Crippen molar-refractivity contribution >= 4 is 34.5 Å². The van der Waals surface area contributed by atoms with E-state index in [1.165, 1.54) is 41.9 Å². The lowest BCUT2D eigenvalue weighted by Gasteiger charge is -2.22. The summed E-state index contributed by atoms with van der Waals surface area (Å²) in [5, 5.41) is 9.67. The quantitative estimate of drug-likeness (QED) is 0.797. The minimum absolute atomic E-state index is 0.0501. The summed E-state index contributed by atoms with van der Waals surface area (Å²) in [7, 11) is 0. The first-order valence-electron chi connectivity index (χ1n) is 7.92. The maximum Gasteiger partial charge on any atom is 0.315 e. The van der Waals surface area contributed by atoms with Crippen molar-refractivity contribution in [3.05, 3.63) is 44.3 Å². The average Bonchev–Trinajstić information content (AvgIpc) is 3.25. The fourth-order valence-electron chi connectivity index (χ4n) is 2.78. The third-order valence-electron chi connectivity index (χ3n) is 4.03. The molecule has 0 unspecified atom stereocenters. The van der Waals surface area contributed by atoms with Gasteiger partial charge in [0.25, 0.3) is 0 Å². The molecule has 0 saturated heterocycles. The van der Waals surface area contributed by atoms with Gasteiger partial charge in [-0.05, 0) is 36.4 Å². The average molecular weight is 348 g/mol. The van der Waals surface area contributed by atoms with Gasteiger partial charge in [-0.25, -0.2) is 4.79 Å². The van der Waals surface area contributed by atoms with Gasteiger partial charge in [0.15, 0.2) is 0 Å². The van der Waals surface area contributed by atoms with E-state index < -0.39 is 0 Å². The highest BCUT2D eigenvalue weighted by Gasteiger charge is 2.16. The molecule has 2 aromatic heterocycles. The zero-order chi connectivity index (χ0) is 16.1. The Labute approximate surface area is 143 Å². The zero-order valence-electron chi connectivity index (χ0n) is 12.8. The maximum atomic E-state index is 12.2. The Balaban J connectivity index is 1.49. The number of ketones is 1. The summed E-state index contributed by atoms with van der Waals surface area (Å²) < 4.78 is 0. The lowest BCUT2D eigenvalue weighted by molar-refractivity contribution is 0.104. The van der Waals surface area contributed by atoms with Crippen LogP contribution < -0.4 is 10.6 Å². The van der Waals surface area contributed by atoms with Crippen molar-refractivity contribution < 1.29 is 9.59 Å². The van der Waals surface area contributed by atoms with Gasteiger partial charge in [-0.3, -0.25) is 4.79 Å². The second kappa shape index (κ2) is 7.75. The van der Waals surface area contributed by atoms with E-state index in [4.69, 9.17) is 0 Å². The van der Waals surface area contributed by atoms with Crippen molar-refractivity contribution in [2.24, 2.45) is 0 Å². The van der Waals surface area contributed by atoms with Gasteiger partial charge in [-0.2, -0.15) is 11.3 Å². The first-order chi connectivity index (χ1) is 11.2. The van der Waals surface area contributed by atoms with Gasteiger partial charge in [-0.15, -0.1) is 11.3 Å². The summed E-state index contributed by atoms with van der Waals surface area (Å²) in [4.78, 5) is 25.9. The van der Waals surface area contributed by atoms with E-state index in [1.54, 1.807) is 0 Å². The van der Waals surface area contributed by atoms with Crippen molar-refractivity contribution in [1.82, 2.24) is 10.6 Å². The van der Waals surface area contributed by atoms with Crippen LogP contribution in [0.1, 0.15) is 52.2 Å². The van der Waals surface area contributed by atoms with E-state index in [9.17, 15) is 9.59 Å². The minimum Gasteiger partial charge on any atom is -0.335 e. The van der Waals surface area contributed by atoms with Gasteiger partial charge < -0.3 is 10.6 Å². The Bertz CT molecular complexity index is 658. The van der Waals surface area contributed by atoms with Crippen molar-refractivity contribution in [3.8, 4) is 0 Å². The molecule has 1 fully saturated rings. The van der Waals surface area contributed by atoms with Gasteiger partial charge in [0, 0.05) is 21.9 Å². The molecule has 1 saturated carbocycles. The molecule has 0 aliphatic heterocycles. The molecule has 2 heterocycles. The number of carbonyl (C=O) groups excluding carboxylic acids is 2. The standard InChI is InChI=1S/C17H20N2O2S2/c20-16(12-8-9-22-11-12)15-7-6-14(23-15)10-18-17(21)19-13-4-2-1-3-5-13/h6-9,11,13H,1-5,10H2,(H2,18,19,21). The number of urea groups is 1. The Kier molecular flexibility index (Phi) is 5.46. The van der Waals surface area contributed by atoms with Crippen LogP contribution in [0.2, 0.25) is 0 Å². The summed E-state index contributed by atoms with van der Waals surface area (Å²) in [6.07, 6.45) is 5.82. The number of amides is 2. The first-order valence-corrected chi connectivity index (χ1v) is 9.68. The molecule has 0 atom stereocenters. The van der Waals surface area contributed by atoms with E-state index in [1.807, 2.05) is 29.0 Å². The van der Waals surface area contributed by atoms with E-state index >= 15 is 0 Å². The molecule has 1 aliphatic carbocycles. The maximum absolute atomic E-state index is 12.2. The molecule has 2 amide bonds. The summed E-state index contributed by atoms with van der Waals surface area (Å²) in [5.74, 6) is 0.0501. The van der Waals surface area contributed by atoms with Gasteiger partial charge in [-0.1, -0.05) is 19.3 Å². The lowest BCUT2D eigenvalue weighted by Crippen LogP contribution is -2.42. The number of rotatable bonds is 5. The second-order valence-corrected chi connectivity index (χ2v) is 7.72. The summed E-state index contributed by atoms with van der Waals surface area (Å²) in [6.45, 7) is 0.458. The normalized spacial score (nSPS) is 15.3. The highest BCUT2D eigenvalue weighted by Crippen LogP contribution is 2.21. The number of carbonyl (C=O) groups is 2. The summed E-state index contributed by atoms with van der Waals surface area (Å²) in [5.41, 5.74) is 0.728. The summed E-state index contributed by atoms with van der Waals surface area (Å²) in [6, 6.07) is 5.77. The number of hydrogen-bond acceptors (Lipinski definition) is 4. The molecule has 2 N–H and O–H groups in total. The molecule has 0 aromatic carbocycles. The lowest BCUT2D eigenvalue weighted by atomic mass is 9.96. The monoisotopic (exact) mass is 348 g/mol. The number of nitrogens with one attached hydrogen (secondary N) is 2. The van der Waals surface area contributed by atoms with Gasteiger partial charge in [0.1, 0.15) is 0 Å². The molecule has 4 nitrogen and oxygen atoms in total. The zero-order valence-corrected chi connectivity index (χ0v) is 14.5. The predicted octanol–water partition coefficient (Wildman–Crippen LogP) is 4.17. The Morgan fingerprint density at radius 3 is 2.70 bits per heavy atom. The van der Waals surface area contributed by atoms with Crippen LogP contribution >= 0.6 is 22.7 Å². The largest absolute Gasteiger partial charge is 0.335 e. The van der Waals surface area contributed by atoms with Crippen molar-refractivity contribution in [1.29, 1.82) is 0 Å². The van der Waals surface area contributed by atoms with Gasteiger partial charge in [0.05, 0.1) is 11.4 Å². The molecule has 6 heteroatoms. The van der Waals surface area contributed by atoms with E-state index in [2.05, 4.69) is 10.6 Å². The highest BCUT2D eigenvalue weighted by molar-refractivity contribution is 7.14. The number of thiophene rings is 2. The molecular formula is C17H20N2O2S2. The minimum atomic E-state index is -0.115. The van der Waals surface area contributed by atoms with E-state index in [0.717, 1.165) is 23.3 Å². The van der Waals surface area contributed by atoms with Crippen molar-refractivity contribution in [3.63, 3.8) is 0 Å². The van der Waals surface area contributed by atoms with Crippen LogP contribution in [-0.4, -0.2) is 17.9 Å². The van der Waals surface area contributed by atoms with Crippen LogP contribution in [0.3, 0.4) is 0 Å². The smallest absolute Gasteiger partial charge is 0.315 e. The van der Waals surface area contributed by atoms with Crippen LogP contribution in [0, 0.1) is 0 Å². The molecule has 0 bridgehead atoms. The van der Waals surface area contributed by atoms with Crippen LogP contribution in [0.5, 0.6) is 0 Å². The predicted molar refractivity (Wildman–Crippen MR) is 94.3 cm³/mol. The molecular weight excluding hydrogens is 328 g/mol.